The summed E-state index contributed by atoms with van der Waals surface area (Å²) in [5.74, 6) is 0.664. The molecule has 1 N–H and O–H groups in total. The van der Waals surface area contributed by atoms with Crippen molar-refractivity contribution in [2.75, 3.05) is 12.5 Å². The Morgan fingerprint density at radius 1 is 1.27 bits per heavy atom. The lowest BCUT2D eigenvalue weighted by Gasteiger charge is -2.08. The summed E-state index contributed by atoms with van der Waals surface area (Å²) < 4.78 is 7.01. The smallest absolute Gasteiger partial charge is 0.269 e. The minimum absolute atomic E-state index is 0.0344. The van der Waals surface area contributed by atoms with E-state index in [-0.39, 0.29) is 5.69 Å². The molecular formula is C14H11Br2N3O3. The number of ether oxygens (including phenoxy) is 1. The highest BCUT2D eigenvalue weighted by Crippen LogP contribution is 2.31. The summed E-state index contributed by atoms with van der Waals surface area (Å²) in [6, 6.07) is 9.74. The molecule has 0 heterocycles. The highest BCUT2D eigenvalue weighted by molar-refractivity contribution is 9.11. The van der Waals surface area contributed by atoms with Crippen molar-refractivity contribution in [2.24, 2.45) is 5.10 Å². The summed E-state index contributed by atoms with van der Waals surface area (Å²) >= 11 is 6.82. The third-order valence-corrected chi connectivity index (χ3v) is 3.76. The van der Waals surface area contributed by atoms with Crippen LogP contribution >= 0.6 is 31.9 Å². The fourth-order valence-corrected chi connectivity index (χ4v) is 3.15. The molecular weight excluding hydrogens is 418 g/mol. The lowest BCUT2D eigenvalue weighted by atomic mass is 10.2. The SMILES string of the molecule is COc1c(Br)cc(Br)cc1/C=N/Nc1ccc([N+](=O)[O-])cc1. The van der Waals surface area contributed by atoms with Crippen LogP contribution in [0.1, 0.15) is 5.56 Å². The van der Waals surface area contributed by atoms with Crippen LogP contribution in [0.5, 0.6) is 5.75 Å². The van der Waals surface area contributed by atoms with Crippen LogP contribution in [0.2, 0.25) is 0 Å². The van der Waals surface area contributed by atoms with Gasteiger partial charge in [-0.2, -0.15) is 5.10 Å². The van der Waals surface area contributed by atoms with Gasteiger partial charge in [0.05, 0.1) is 28.4 Å². The molecule has 0 atom stereocenters. The molecule has 0 aliphatic carbocycles. The second-order valence-corrected chi connectivity index (χ2v) is 5.95. The van der Waals surface area contributed by atoms with Gasteiger partial charge in [-0.3, -0.25) is 15.5 Å². The Bertz CT molecular complexity index is 718. The third-order valence-electron chi connectivity index (χ3n) is 2.72. The largest absolute Gasteiger partial charge is 0.495 e. The zero-order valence-corrected chi connectivity index (χ0v) is 14.6. The van der Waals surface area contributed by atoms with Crippen LogP contribution in [0.4, 0.5) is 11.4 Å². The van der Waals surface area contributed by atoms with Gasteiger partial charge in [0, 0.05) is 22.2 Å². The quantitative estimate of drug-likeness (QED) is 0.429. The number of non-ortho nitro benzene ring substituents is 1. The lowest BCUT2D eigenvalue weighted by Crippen LogP contribution is -1.95. The molecule has 22 heavy (non-hydrogen) atoms. The van der Waals surface area contributed by atoms with Gasteiger partial charge in [-0.25, -0.2) is 0 Å². The molecule has 2 aromatic rings. The van der Waals surface area contributed by atoms with E-state index in [2.05, 4.69) is 42.4 Å². The number of benzene rings is 2. The number of hydrogen-bond donors (Lipinski definition) is 1. The summed E-state index contributed by atoms with van der Waals surface area (Å²) in [5.41, 5.74) is 4.27. The number of nitrogens with zero attached hydrogens (tertiary/aromatic N) is 2. The van der Waals surface area contributed by atoms with Crippen molar-refractivity contribution < 1.29 is 9.66 Å². The average Bonchev–Trinajstić information content (AvgIpc) is 2.47. The van der Waals surface area contributed by atoms with Crippen molar-refractivity contribution in [2.45, 2.75) is 0 Å². The number of nitro benzene ring substituents is 1. The average molecular weight is 429 g/mol. The van der Waals surface area contributed by atoms with Crippen LogP contribution in [-0.4, -0.2) is 18.2 Å². The first-order valence-corrected chi connectivity index (χ1v) is 7.66. The van der Waals surface area contributed by atoms with Crippen molar-refractivity contribution in [3.8, 4) is 5.75 Å². The van der Waals surface area contributed by atoms with Crippen molar-refractivity contribution in [1.82, 2.24) is 0 Å². The van der Waals surface area contributed by atoms with Crippen LogP contribution in [0, 0.1) is 10.1 Å². The second-order valence-electron chi connectivity index (χ2n) is 4.18. The number of hydrazone groups is 1. The highest BCUT2D eigenvalue weighted by atomic mass is 79.9. The Kier molecular flexibility index (Phi) is 5.51. The first-order valence-electron chi connectivity index (χ1n) is 6.08. The number of methoxy groups -OCH3 is 1. The summed E-state index contributed by atoms with van der Waals surface area (Å²) in [6.07, 6.45) is 1.61. The maximum absolute atomic E-state index is 10.6. The molecule has 0 amide bonds. The molecule has 2 aromatic carbocycles. The maximum Gasteiger partial charge on any atom is 0.269 e. The predicted molar refractivity (Wildman–Crippen MR) is 92.7 cm³/mol. The number of hydrogen-bond acceptors (Lipinski definition) is 5. The van der Waals surface area contributed by atoms with E-state index in [1.54, 1.807) is 25.5 Å². The van der Waals surface area contributed by atoms with Gasteiger partial charge in [0.2, 0.25) is 0 Å². The fourth-order valence-electron chi connectivity index (χ4n) is 1.73. The van der Waals surface area contributed by atoms with E-state index in [0.29, 0.717) is 11.4 Å². The van der Waals surface area contributed by atoms with Crippen molar-refractivity contribution >= 4 is 49.4 Å². The molecule has 0 aliphatic rings. The number of halogens is 2. The first kappa shape index (κ1) is 16.4. The van der Waals surface area contributed by atoms with Gasteiger partial charge in [-0.1, -0.05) is 15.9 Å². The molecule has 6 nitrogen and oxygen atoms in total. The van der Waals surface area contributed by atoms with E-state index in [9.17, 15) is 10.1 Å². The number of anilines is 1. The van der Waals surface area contributed by atoms with E-state index < -0.39 is 4.92 Å². The van der Waals surface area contributed by atoms with Crippen molar-refractivity contribution in [3.63, 3.8) is 0 Å². The van der Waals surface area contributed by atoms with Gasteiger partial charge in [0.1, 0.15) is 5.75 Å². The summed E-state index contributed by atoms with van der Waals surface area (Å²) in [5, 5.41) is 14.7. The van der Waals surface area contributed by atoms with E-state index in [1.165, 1.54) is 12.1 Å². The Morgan fingerprint density at radius 2 is 1.95 bits per heavy atom. The van der Waals surface area contributed by atoms with Gasteiger partial charge in [0.15, 0.2) is 0 Å². The van der Waals surface area contributed by atoms with Crippen LogP contribution in [0.15, 0.2) is 50.4 Å². The summed E-state index contributed by atoms with van der Waals surface area (Å²) in [7, 11) is 1.58. The van der Waals surface area contributed by atoms with Gasteiger partial charge < -0.3 is 4.74 Å². The highest BCUT2D eigenvalue weighted by Gasteiger charge is 2.07. The van der Waals surface area contributed by atoms with Crippen molar-refractivity contribution in [1.29, 1.82) is 0 Å². The minimum atomic E-state index is -0.447. The molecule has 0 aromatic heterocycles. The van der Waals surface area contributed by atoms with Gasteiger partial charge in [0.25, 0.3) is 5.69 Å². The Morgan fingerprint density at radius 3 is 2.55 bits per heavy atom. The molecule has 0 unspecified atom stereocenters. The molecule has 0 saturated heterocycles. The minimum Gasteiger partial charge on any atom is -0.495 e. The second kappa shape index (κ2) is 7.37. The monoisotopic (exact) mass is 427 g/mol. The Labute approximate surface area is 143 Å². The number of nitro groups is 1. The van der Waals surface area contributed by atoms with Crippen LogP contribution in [0.25, 0.3) is 0 Å². The molecule has 0 bridgehead atoms. The predicted octanol–water partition coefficient (Wildman–Crippen LogP) is 4.57. The summed E-state index contributed by atoms with van der Waals surface area (Å²) in [6.45, 7) is 0. The molecule has 0 aliphatic heterocycles. The molecule has 0 spiro atoms. The standard InChI is InChI=1S/C14H11Br2N3O3/c1-22-14-9(6-10(15)7-13(14)16)8-17-18-11-2-4-12(5-3-11)19(20)21/h2-8,18H,1H3/b17-8+. The van der Waals surface area contributed by atoms with Crippen LogP contribution in [0.3, 0.4) is 0 Å². The zero-order valence-electron chi connectivity index (χ0n) is 11.4. The first-order chi connectivity index (χ1) is 10.5. The fraction of sp³-hybridized carbons (Fsp3) is 0.0714. The van der Waals surface area contributed by atoms with Crippen molar-refractivity contribution in [3.05, 3.63) is 61.0 Å². The number of rotatable bonds is 5. The molecule has 0 saturated carbocycles. The lowest BCUT2D eigenvalue weighted by molar-refractivity contribution is -0.384. The molecule has 0 radical (unpaired) electrons. The zero-order chi connectivity index (χ0) is 16.1. The number of nitrogens with one attached hydrogen (secondary N) is 1. The molecule has 114 valence electrons. The van der Waals surface area contributed by atoms with E-state index in [0.717, 1.165) is 14.5 Å². The normalized spacial score (nSPS) is 10.7. The van der Waals surface area contributed by atoms with Crippen LogP contribution in [-0.2, 0) is 0 Å². The van der Waals surface area contributed by atoms with E-state index in [1.807, 2.05) is 12.1 Å². The van der Waals surface area contributed by atoms with E-state index >= 15 is 0 Å². The van der Waals surface area contributed by atoms with Crippen LogP contribution < -0.4 is 10.2 Å². The molecule has 8 heteroatoms. The van der Waals surface area contributed by atoms with Gasteiger partial charge in [-0.15, -0.1) is 0 Å². The summed E-state index contributed by atoms with van der Waals surface area (Å²) in [4.78, 5) is 10.1. The molecule has 2 rings (SSSR count). The van der Waals surface area contributed by atoms with Gasteiger partial charge >= 0.3 is 0 Å². The van der Waals surface area contributed by atoms with Gasteiger partial charge in [-0.05, 0) is 40.2 Å². The Balaban J connectivity index is 2.14. The van der Waals surface area contributed by atoms with E-state index in [4.69, 9.17) is 4.74 Å². The molecule has 0 fully saturated rings. The third kappa shape index (κ3) is 4.05. The maximum atomic E-state index is 10.6. The topological polar surface area (TPSA) is 76.8 Å². The Hall–Kier alpha value is -1.93.